The van der Waals surface area contributed by atoms with Crippen molar-refractivity contribution < 1.29 is 25.8 Å². The van der Waals surface area contributed by atoms with Crippen LogP contribution in [0.5, 0.6) is 11.5 Å². The fraction of sp³-hybridized carbons (Fsp3) is 0.200. The summed E-state index contributed by atoms with van der Waals surface area (Å²) in [6.45, 7) is 11.0. The third-order valence-electron chi connectivity index (χ3n) is 8.38. The molecule has 0 aliphatic heterocycles. The fourth-order valence-electron chi connectivity index (χ4n) is 6.25. The first-order valence-corrected chi connectivity index (χ1v) is 15.6. The van der Waals surface area contributed by atoms with Crippen LogP contribution in [0.4, 0.5) is 0 Å². The van der Waals surface area contributed by atoms with Gasteiger partial charge in [-0.1, -0.05) is 49.7 Å². The minimum atomic E-state index is 0. The SMILES string of the molecule is Cc1ccnc(-n2c3[c-]c(Oc4[c-]c(-n5cc(-c6c(C)cc(CCC(C)C)cc6C)cn5)ccc4)ccc3c3ccccc32)c1.[Pt+2]. The van der Waals surface area contributed by atoms with Crippen molar-refractivity contribution in [3.05, 3.63) is 132 Å². The first kappa shape index (κ1) is 31.5. The van der Waals surface area contributed by atoms with Gasteiger partial charge in [-0.05, 0) is 96.6 Å². The molecule has 0 aliphatic carbocycles. The average molecular weight is 784 g/mol. The molecule has 3 aromatic heterocycles. The van der Waals surface area contributed by atoms with Crippen molar-refractivity contribution >= 4 is 21.8 Å². The Bertz CT molecular complexity index is 2150. The summed E-state index contributed by atoms with van der Waals surface area (Å²) in [5, 5.41) is 6.95. The molecule has 6 heteroatoms. The number of nitrogens with zero attached hydrogens (tertiary/aromatic N) is 4. The molecular formula is C40H36N4OPt. The Hall–Kier alpha value is -4.47. The zero-order valence-electron chi connectivity index (χ0n) is 26.7. The van der Waals surface area contributed by atoms with Gasteiger partial charge in [0.1, 0.15) is 5.82 Å². The molecule has 3 heterocycles. The zero-order chi connectivity index (χ0) is 31.1. The molecule has 0 spiro atoms. The number of fused-ring (bicyclic) bond motifs is 3. The fourth-order valence-corrected chi connectivity index (χ4v) is 6.25. The number of hydrogen-bond acceptors (Lipinski definition) is 3. The maximum absolute atomic E-state index is 6.36. The number of pyridine rings is 1. The molecule has 46 heavy (non-hydrogen) atoms. The normalized spacial score (nSPS) is 11.3. The van der Waals surface area contributed by atoms with Crippen molar-refractivity contribution in [2.75, 3.05) is 0 Å². The van der Waals surface area contributed by atoms with Gasteiger partial charge < -0.3 is 9.30 Å². The molecule has 0 saturated heterocycles. The molecule has 0 atom stereocenters. The van der Waals surface area contributed by atoms with Crippen LogP contribution in [0, 0.1) is 38.8 Å². The third-order valence-corrected chi connectivity index (χ3v) is 8.38. The monoisotopic (exact) mass is 783 g/mol. The number of aromatic nitrogens is 4. The van der Waals surface area contributed by atoms with Gasteiger partial charge in [-0.25, -0.2) is 4.98 Å². The largest absolute Gasteiger partial charge is 2.00 e. The second kappa shape index (κ2) is 13.1. The van der Waals surface area contributed by atoms with Gasteiger partial charge in [-0.15, -0.1) is 35.7 Å². The van der Waals surface area contributed by atoms with Crippen LogP contribution in [-0.2, 0) is 27.5 Å². The standard InChI is InChI=1S/C40H36N4O.Pt/c1-26(2)13-14-30-20-28(4)40(29(5)21-30)31-24-42-43(25-31)32-9-8-10-33(22-32)45-34-15-16-36-35-11-6-7-12-37(35)44(38(36)23-34)39-19-27(3)17-18-41-39;/h6-12,15-21,24-26H,13-14H2,1-5H3;/q-2;+2. The minimum absolute atomic E-state index is 0. The summed E-state index contributed by atoms with van der Waals surface area (Å²) in [6.07, 6.45) is 8.16. The maximum Gasteiger partial charge on any atom is 2.00 e. The molecule has 0 unspecified atom stereocenters. The second-order valence-electron chi connectivity index (χ2n) is 12.3. The van der Waals surface area contributed by atoms with E-state index in [1.165, 1.54) is 28.7 Å². The Morgan fingerprint density at radius 2 is 1.61 bits per heavy atom. The van der Waals surface area contributed by atoms with E-state index in [1.807, 2.05) is 47.4 Å². The molecule has 0 bridgehead atoms. The summed E-state index contributed by atoms with van der Waals surface area (Å²) in [4.78, 5) is 4.68. The van der Waals surface area contributed by atoms with Crippen molar-refractivity contribution in [1.29, 1.82) is 0 Å². The van der Waals surface area contributed by atoms with Crippen LogP contribution in [0.25, 0.3) is 44.4 Å². The van der Waals surface area contributed by atoms with Crippen LogP contribution < -0.4 is 4.74 Å². The van der Waals surface area contributed by atoms with Gasteiger partial charge in [0.05, 0.1) is 6.20 Å². The minimum Gasteiger partial charge on any atom is -0.509 e. The molecule has 232 valence electrons. The molecule has 0 N–H and O–H groups in total. The van der Waals surface area contributed by atoms with E-state index in [0.717, 1.165) is 50.9 Å². The van der Waals surface area contributed by atoms with Crippen LogP contribution in [0.3, 0.4) is 0 Å². The van der Waals surface area contributed by atoms with Crippen LogP contribution >= 0.6 is 0 Å². The molecule has 0 saturated carbocycles. The van der Waals surface area contributed by atoms with E-state index in [2.05, 4.69) is 111 Å². The van der Waals surface area contributed by atoms with Crippen LogP contribution in [0.15, 0.2) is 97.5 Å². The van der Waals surface area contributed by atoms with Crippen molar-refractivity contribution in [3.63, 3.8) is 0 Å². The first-order valence-electron chi connectivity index (χ1n) is 15.6. The van der Waals surface area contributed by atoms with Gasteiger partial charge in [0.25, 0.3) is 0 Å². The molecule has 7 aromatic rings. The van der Waals surface area contributed by atoms with Crippen molar-refractivity contribution in [1.82, 2.24) is 19.3 Å². The number of ether oxygens (including phenoxy) is 1. The van der Waals surface area contributed by atoms with E-state index in [-0.39, 0.29) is 21.1 Å². The number of aryl methyl sites for hydroxylation is 4. The summed E-state index contributed by atoms with van der Waals surface area (Å²) >= 11 is 0. The predicted molar refractivity (Wildman–Crippen MR) is 183 cm³/mol. The number of rotatable bonds is 8. The van der Waals surface area contributed by atoms with E-state index < -0.39 is 0 Å². The molecule has 0 aliphatic rings. The summed E-state index contributed by atoms with van der Waals surface area (Å²) in [6, 6.07) is 34.0. The van der Waals surface area contributed by atoms with Gasteiger partial charge in [0.15, 0.2) is 0 Å². The van der Waals surface area contributed by atoms with Crippen molar-refractivity contribution in [2.45, 2.75) is 47.5 Å². The Morgan fingerprint density at radius 3 is 2.39 bits per heavy atom. The van der Waals surface area contributed by atoms with E-state index in [9.17, 15) is 0 Å². The smallest absolute Gasteiger partial charge is 0.509 e. The van der Waals surface area contributed by atoms with Gasteiger partial charge in [-0.3, -0.25) is 4.68 Å². The summed E-state index contributed by atoms with van der Waals surface area (Å²) in [5.41, 5.74) is 10.2. The van der Waals surface area contributed by atoms with Crippen LogP contribution in [0.2, 0.25) is 0 Å². The predicted octanol–water partition coefficient (Wildman–Crippen LogP) is 9.94. The molecule has 0 radical (unpaired) electrons. The van der Waals surface area contributed by atoms with E-state index in [1.54, 1.807) is 0 Å². The molecule has 0 amide bonds. The Kier molecular flexibility index (Phi) is 8.97. The summed E-state index contributed by atoms with van der Waals surface area (Å²) in [7, 11) is 0. The number of para-hydroxylation sites is 1. The first-order chi connectivity index (χ1) is 21.8. The topological polar surface area (TPSA) is 44.9 Å². The zero-order valence-corrected chi connectivity index (χ0v) is 29.0. The summed E-state index contributed by atoms with van der Waals surface area (Å²) in [5.74, 6) is 2.76. The molecule has 5 nitrogen and oxygen atoms in total. The van der Waals surface area contributed by atoms with Gasteiger partial charge in [0.2, 0.25) is 0 Å². The van der Waals surface area contributed by atoms with E-state index >= 15 is 0 Å². The molecular weight excluding hydrogens is 748 g/mol. The van der Waals surface area contributed by atoms with Crippen LogP contribution in [-0.4, -0.2) is 19.3 Å². The van der Waals surface area contributed by atoms with Gasteiger partial charge >= 0.3 is 21.1 Å². The third kappa shape index (κ3) is 6.17. The average Bonchev–Trinajstić information content (AvgIpc) is 3.63. The van der Waals surface area contributed by atoms with Crippen molar-refractivity contribution in [3.8, 4) is 34.1 Å². The summed E-state index contributed by atoms with van der Waals surface area (Å²) < 4.78 is 10.4. The van der Waals surface area contributed by atoms with E-state index in [4.69, 9.17) is 9.84 Å². The molecule has 4 aromatic carbocycles. The maximum atomic E-state index is 6.36. The quantitative estimate of drug-likeness (QED) is 0.144. The number of benzene rings is 4. The second-order valence-corrected chi connectivity index (χ2v) is 12.3. The van der Waals surface area contributed by atoms with Crippen LogP contribution in [0.1, 0.15) is 42.5 Å². The number of hydrogen-bond donors (Lipinski definition) is 0. The Balaban J connectivity index is 0.00000372. The Labute approximate surface area is 285 Å². The molecule has 7 rings (SSSR count). The van der Waals surface area contributed by atoms with Gasteiger partial charge in [0, 0.05) is 35.0 Å². The van der Waals surface area contributed by atoms with E-state index in [0.29, 0.717) is 17.4 Å². The Morgan fingerprint density at radius 1 is 0.826 bits per heavy atom. The van der Waals surface area contributed by atoms with Gasteiger partial charge in [-0.2, -0.15) is 17.2 Å². The molecule has 0 fully saturated rings. The van der Waals surface area contributed by atoms with Crippen molar-refractivity contribution in [2.24, 2.45) is 5.92 Å².